The van der Waals surface area contributed by atoms with Crippen LogP contribution in [0.1, 0.15) is 25.8 Å². The molecule has 0 amide bonds. The van der Waals surface area contributed by atoms with Crippen LogP contribution in [0.25, 0.3) is 10.8 Å². The quantitative estimate of drug-likeness (QED) is 0.890. The van der Waals surface area contributed by atoms with Crippen molar-refractivity contribution in [3.05, 3.63) is 48.0 Å². The first kappa shape index (κ1) is 13.6. The lowest BCUT2D eigenvalue weighted by molar-refractivity contribution is 0.431. The van der Waals surface area contributed by atoms with Crippen LogP contribution in [0.3, 0.4) is 0 Å². The molecule has 1 fully saturated rings. The van der Waals surface area contributed by atoms with Gasteiger partial charge in [0.25, 0.3) is 0 Å². The van der Waals surface area contributed by atoms with Gasteiger partial charge in [0.1, 0.15) is 0 Å². The maximum Gasteiger partial charge on any atom is 0.0204 e. The van der Waals surface area contributed by atoms with Gasteiger partial charge < -0.3 is 10.6 Å². The van der Waals surface area contributed by atoms with Crippen LogP contribution in [-0.4, -0.2) is 25.7 Å². The van der Waals surface area contributed by atoms with Gasteiger partial charge in [-0.3, -0.25) is 0 Å². The fourth-order valence-corrected chi connectivity index (χ4v) is 3.14. The van der Waals surface area contributed by atoms with E-state index in [1.807, 2.05) is 0 Å². The summed E-state index contributed by atoms with van der Waals surface area (Å²) in [5.41, 5.74) is 1.58. The smallest absolute Gasteiger partial charge is 0.0204 e. The molecule has 1 atom stereocenters. The van der Waals surface area contributed by atoms with Gasteiger partial charge in [0, 0.05) is 24.5 Å². The fourth-order valence-electron chi connectivity index (χ4n) is 3.14. The van der Waals surface area contributed by atoms with Crippen LogP contribution >= 0.6 is 0 Å². The molecular formula is C18H24N2. The Morgan fingerprint density at radius 3 is 2.75 bits per heavy atom. The molecular weight excluding hydrogens is 244 g/mol. The summed E-state index contributed by atoms with van der Waals surface area (Å²) in [6, 6.07) is 16.0. The van der Waals surface area contributed by atoms with Crippen molar-refractivity contribution in [2.45, 2.75) is 31.7 Å². The largest absolute Gasteiger partial charge is 0.315 e. The van der Waals surface area contributed by atoms with Gasteiger partial charge in [0.05, 0.1) is 0 Å². The van der Waals surface area contributed by atoms with E-state index in [-0.39, 0.29) is 5.41 Å². The van der Waals surface area contributed by atoms with Gasteiger partial charge in [-0.25, -0.2) is 0 Å². The van der Waals surface area contributed by atoms with E-state index in [0.29, 0.717) is 6.04 Å². The molecule has 1 saturated heterocycles. The minimum atomic E-state index is 0.142. The lowest BCUT2D eigenvalue weighted by atomic mass is 9.81. The number of hydrogen-bond acceptors (Lipinski definition) is 2. The fraction of sp³-hybridized carbons (Fsp3) is 0.444. The third kappa shape index (κ3) is 2.72. The second-order valence-electron chi connectivity index (χ2n) is 6.48. The Morgan fingerprint density at radius 1 is 1.15 bits per heavy atom. The van der Waals surface area contributed by atoms with E-state index in [9.17, 15) is 0 Å². The van der Waals surface area contributed by atoms with Crippen LogP contribution < -0.4 is 10.6 Å². The Labute approximate surface area is 121 Å². The van der Waals surface area contributed by atoms with Gasteiger partial charge in [-0.15, -0.1) is 0 Å². The van der Waals surface area contributed by atoms with E-state index in [0.717, 1.165) is 19.6 Å². The Kier molecular flexibility index (Phi) is 3.77. The monoisotopic (exact) mass is 268 g/mol. The molecule has 2 N–H and O–H groups in total. The van der Waals surface area contributed by atoms with Crippen molar-refractivity contribution in [1.82, 2.24) is 10.6 Å². The third-order valence-electron chi connectivity index (χ3n) is 4.41. The Hall–Kier alpha value is -1.38. The molecule has 0 radical (unpaired) electrons. The molecule has 3 rings (SSSR count). The van der Waals surface area contributed by atoms with E-state index in [1.165, 1.54) is 22.8 Å². The van der Waals surface area contributed by atoms with Crippen LogP contribution in [0.15, 0.2) is 42.5 Å². The van der Waals surface area contributed by atoms with Crippen molar-refractivity contribution in [2.24, 2.45) is 0 Å². The van der Waals surface area contributed by atoms with Gasteiger partial charge in [-0.2, -0.15) is 0 Å². The van der Waals surface area contributed by atoms with Gasteiger partial charge in [0.15, 0.2) is 0 Å². The van der Waals surface area contributed by atoms with Crippen molar-refractivity contribution < 1.29 is 0 Å². The SMILES string of the molecule is CC(C)(CNC1CCNC1)c1cccc2ccccc12. The highest BCUT2D eigenvalue weighted by Gasteiger charge is 2.24. The number of fused-ring (bicyclic) bond motifs is 1. The van der Waals surface area contributed by atoms with Gasteiger partial charge >= 0.3 is 0 Å². The van der Waals surface area contributed by atoms with Crippen molar-refractivity contribution in [3.8, 4) is 0 Å². The van der Waals surface area contributed by atoms with Crippen LogP contribution in [0, 0.1) is 0 Å². The molecule has 2 aromatic carbocycles. The highest BCUT2D eigenvalue weighted by molar-refractivity contribution is 5.86. The van der Waals surface area contributed by atoms with Crippen molar-refractivity contribution in [1.29, 1.82) is 0 Å². The zero-order valence-electron chi connectivity index (χ0n) is 12.4. The summed E-state index contributed by atoms with van der Waals surface area (Å²) in [5, 5.41) is 9.85. The first-order valence-corrected chi connectivity index (χ1v) is 7.59. The molecule has 20 heavy (non-hydrogen) atoms. The normalized spacial score (nSPS) is 19.6. The summed E-state index contributed by atoms with van der Waals surface area (Å²) in [6.07, 6.45) is 1.24. The highest BCUT2D eigenvalue weighted by Crippen LogP contribution is 2.30. The molecule has 1 aliphatic heterocycles. The summed E-state index contributed by atoms with van der Waals surface area (Å²) in [6.45, 7) is 7.94. The lowest BCUT2D eigenvalue weighted by Crippen LogP contribution is -2.40. The average Bonchev–Trinajstić information content (AvgIpc) is 2.98. The molecule has 2 nitrogen and oxygen atoms in total. The zero-order valence-corrected chi connectivity index (χ0v) is 12.4. The summed E-state index contributed by atoms with van der Waals surface area (Å²) in [4.78, 5) is 0. The number of rotatable bonds is 4. The van der Waals surface area contributed by atoms with Crippen LogP contribution in [-0.2, 0) is 5.41 Å². The maximum absolute atomic E-state index is 3.72. The van der Waals surface area contributed by atoms with Crippen molar-refractivity contribution in [3.63, 3.8) is 0 Å². The molecule has 0 bridgehead atoms. The summed E-state index contributed by atoms with van der Waals surface area (Å²) in [7, 11) is 0. The third-order valence-corrected chi connectivity index (χ3v) is 4.41. The Bertz CT molecular complexity index is 577. The first-order chi connectivity index (χ1) is 9.67. The van der Waals surface area contributed by atoms with E-state index in [4.69, 9.17) is 0 Å². The van der Waals surface area contributed by atoms with Gasteiger partial charge in [0.2, 0.25) is 0 Å². The van der Waals surface area contributed by atoms with E-state index in [1.54, 1.807) is 0 Å². The minimum Gasteiger partial charge on any atom is -0.315 e. The second-order valence-corrected chi connectivity index (χ2v) is 6.48. The lowest BCUT2D eigenvalue weighted by Gasteiger charge is -2.29. The summed E-state index contributed by atoms with van der Waals surface area (Å²) >= 11 is 0. The molecule has 0 aliphatic carbocycles. The maximum atomic E-state index is 3.72. The topological polar surface area (TPSA) is 24.1 Å². The second kappa shape index (κ2) is 5.55. The summed E-state index contributed by atoms with van der Waals surface area (Å²) in [5.74, 6) is 0. The highest BCUT2D eigenvalue weighted by atomic mass is 15.0. The van der Waals surface area contributed by atoms with Crippen molar-refractivity contribution in [2.75, 3.05) is 19.6 Å². The summed E-state index contributed by atoms with van der Waals surface area (Å²) < 4.78 is 0. The van der Waals surface area contributed by atoms with Crippen LogP contribution in [0.2, 0.25) is 0 Å². The minimum absolute atomic E-state index is 0.142. The van der Waals surface area contributed by atoms with E-state index >= 15 is 0 Å². The average molecular weight is 268 g/mol. The van der Waals surface area contributed by atoms with Crippen molar-refractivity contribution >= 4 is 10.8 Å². The molecule has 2 aromatic rings. The van der Waals surface area contributed by atoms with E-state index < -0.39 is 0 Å². The molecule has 1 heterocycles. The first-order valence-electron chi connectivity index (χ1n) is 7.59. The van der Waals surface area contributed by atoms with Gasteiger partial charge in [-0.1, -0.05) is 56.3 Å². The molecule has 0 saturated carbocycles. The number of hydrogen-bond donors (Lipinski definition) is 2. The standard InChI is InChI=1S/C18H24N2/c1-18(2,13-20-15-10-11-19-12-15)17-9-5-7-14-6-3-4-8-16(14)17/h3-9,15,19-20H,10-13H2,1-2H3. The molecule has 0 spiro atoms. The Morgan fingerprint density at radius 2 is 1.95 bits per heavy atom. The predicted octanol–water partition coefficient (Wildman–Crippen LogP) is 3.07. The number of benzene rings is 2. The van der Waals surface area contributed by atoms with Crippen LogP contribution in [0.4, 0.5) is 0 Å². The molecule has 1 unspecified atom stereocenters. The number of nitrogens with one attached hydrogen (secondary N) is 2. The van der Waals surface area contributed by atoms with E-state index in [2.05, 4.69) is 66.9 Å². The molecule has 0 aromatic heterocycles. The predicted molar refractivity (Wildman–Crippen MR) is 86.3 cm³/mol. The molecule has 2 heteroatoms. The molecule has 1 aliphatic rings. The molecule has 106 valence electrons. The Balaban J connectivity index is 1.84. The zero-order chi connectivity index (χ0) is 14.0. The van der Waals surface area contributed by atoms with Crippen LogP contribution in [0.5, 0.6) is 0 Å². The van der Waals surface area contributed by atoms with Gasteiger partial charge in [-0.05, 0) is 29.3 Å².